The van der Waals surface area contributed by atoms with E-state index in [0.29, 0.717) is 0 Å². The highest BCUT2D eigenvalue weighted by molar-refractivity contribution is 6.79. The first-order chi connectivity index (χ1) is 7.68. The minimum Gasteiger partial charge on any atom is -0.0689 e. The summed E-state index contributed by atoms with van der Waals surface area (Å²) < 4.78 is 0. The maximum Gasteiger partial charge on any atom is 0.0554 e. The van der Waals surface area contributed by atoms with Crippen molar-refractivity contribution in [2.75, 3.05) is 0 Å². The Morgan fingerprint density at radius 1 is 1.06 bits per heavy atom. The first-order valence-electron chi connectivity index (χ1n) is 6.72. The van der Waals surface area contributed by atoms with Crippen molar-refractivity contribution in [1.82, 2.24) is 0 Å². The fourth-order valence-electron chi connectivity index (χ4n) is 4.22. The van der Waals surface area contributed by atoms with Crippen LogP contribution in [0.3, 0.4) is 0 Å². The molecule has 86 valence electrons. The van der Waals surface area contributed by atoms with Crippen molar-refractivity contribution in [3.8, 4) is 0 Å². The standard InChI is InChI=1S/C15H22Si/c1-16(2,11-12-7-4-3-5-8-12)15-13-9-6-10-14(13)15/h3-5,7-8,13-15H,6,9-11H2,1-2H3/t13-,14+,15?. The van der Waals surface area contributed by atoms with Crippen LogP contribution in [0.1, 0.15) is 24.8 Å². The van der Waals surface area contributed by atoms with E-state index < -0.39 is 8.07 Å². The van der Waals surface area contributed by atoms with Crippen LogP contribution in [0.25, 0.3) is 0 Å². The van der Waals surface area contributed by atoms with Crippen LogP contribution in [-0.4, -0.2) is 8.07 Å². The van der Waals surface area contributed by atoms with Crippen molar-refractivity contribution >= 4 is 8.07 Å². The van der Waals surface area contributed by atoms with Gasteiger partial charge in [0, 0.05) is 0 Å². The second-order valence-electron chi connectivity index (χ2n) is 6.44. The number of hydrogen-bond acceptors (Lipinski definition) is 0. The van der Waals surface area contributed by atoms with Gasteiger partial charge in [-0.2, -0.15) is 0 Å². The van der Waals surface area contributed by atoms with Crippen LogP contribution in [0.2, 0.25) is 18.6 Å². The Bertz CT molecular complexity index is 358. The Morgan fingerprint density at radius 2 is 1.69 bits per heavy atom. The van der Waals surface area contributed by atoms with Gasteiger partial charge in [-0.15, -0.1) is 0 Å². The third-order valence-corrected chi connectivity index (χ3v) is 8.79. The maximum absolute atomic E-state index is 2.61. The number of rotatable bonds is 3. The molecule has 0 aliphatic heterocycles. The lowest BCUT2D eigenvalue weighted by molar-refractivity contribution is 0.721. The number of hydrogen-bond donors (Lipinski definition) is 0. The van der Waals surface area contributed by atoms with E-state index in [9.17, 15) is 0 Å². The lowest BCUT2D eigenvalue weighted by Gasteiger charge is -2.24. The molecule has 0 amide bonds. The van der Waals surface area contributed by atoms with Gasteiger partial charge in [0.25, 0.3) is 0 Å². The van der Waals surface area contributed by atoms with Gasteiger partial charge in [0.1, 0.15) is 0 Å². The average Bonchev–Trinajstić information content (AvgIpc) is 2.77. The van der Waals surface area contributed by atoms with Gasteiger partial charge in [0.2, 0.25) is 0 Å². The van der Waals surface area contributed by atoms with E-state index in [4.69, 9.17) is 0 Å². The van der Waals surface area contributed by atoms with E-state index in [1.54, 1.807) is 18.4 Å². The highest BCUT2D eigenvalue weighted by Crippen LogP contribution is 2.66. The van der Waals surface area contributed by atoms with Crippen molar-refractivity contribution in [3.05, 3.63) is 35.9 Å². The van der Waals surface area contributed by atoms with Crippen LogP contribution < -0.4 is 0 Å². The van der Waals surface area contributed by atoms with Crippen LogP contribution >= 0.6 is 0 Å². The molecule has 1 heteroatoms. The summed E-state index contributed by atoms with van der Waals surface area (Å²) in [6, 6.07) is 12.5. The van der Waals surface area contributed by atoms with Crippen molar-refractivity contribution in [2.45, 2.75) is 43.9 Å². The van der Waals surface area contributed by atoms with Gasteiger partial charge in [-0.3, -0.25) is 0 Å². The van der Waals surface area contributed by atoms with Gasteiger partial charge in [-0.25, -0.2) is 0 Å². The predicted molar refractivity (Wildman–Crippen MR) is 72.2 cm³/mol. The summed E-state index contributed by atoms with van der Waals surface area (Å²) in [5.41, 5.74) is 2.73. The van der Waals surface area contributed by atoms with Crippen LogP contribution in [0.4, 0.5) is 0 Å². The molecule has 2 aliphatic carbocycles. The summed E-state index contributed by atoms with van der Waals surface area (Å²) in [4.78, 5) is 0. The summed E-state index contributed by atoms with van der Waals surface area (Å²) in [5.74, 6) is 2.29. The van der Waals surface area contributed by atoms with Gasteiger partial charge in [0.15, 0.2) is 0 Å². The van der Waals surface area contributed by atoms with Crippen molar-refractivity contribution in [3.63, 3.8) is 0 Å². The third-order valence-electron chi connectivity index (χ3n) is 4.81. The molecule has 0 saturated heterocycles. The van der Waals surface area contributed by atoms with Gasteiger partial charge < -0.3 is 0 Å². The zero-order chi connectivity index (χ0) is 11.2. The zero-order valence-electron chi connectivity index (χ0n) is 10.4. The maximum atomic E-state index is 2.61. The Balaban J connectivity index is 1.70. The van der Waals surface area contributed by atoms with Crippen molar-refractivity contribution in [2.24, 2.45) is 11.8 Å². The monoisotopic (exact) mass is 230 g/mol. The molecular formula is C15H22Si. The molecule has 2 fully saturated rings. The second-order valence-corrected chi connectivity index (χ2v) is 11.4. The first kappa shape index (κ1) is 10.6. The quantitative estimate of drug-likeness (QED) is 0.680. The summed E-state index contributed by atoms with van der Waals surface area (Å²) in [6.45, 7) is 5.23. The molecule has 1 unspecified atom stereocenters. The summed E-state index contributed by atoms with van der Waals surface area (Å²) in [7, 11) is -1.01. The molecule has 1 aromatic carbocycles. The molecule has 0 radical (unpaired) electrons. The van der Waals surface area contributed by atoms with E-state index in [-0.39, 0.29) is 0 Å². The molecule has 0 spiro atoms. The first-order valence-corrected chi connectivity index (χ1v) is 10.0. The minimum atomic E-state index is -1.01. The van der Waals surface area contributed by atoms with E-state index >= 15 is 0 Å². The highest BCUT2D eigenvalue weighted by Gasteiger charge is 2.58. The predicted octanol–water partition coefficient (Wildman–Crippen LogP) is 4.28. The Morgan fingerprint density at radius 3 is 2.31 bits per heavy atom. The number of benzene rings is 1. The van der Waals surface area contributed by atoms with Crippen LogP contribution in [-0.2, 0) is 6.04 Å². The summed E-state index contributed by atoms with van der Waals surface area (Å²) in [6.07, 6.45) is 4.60. The normalized spacial score (nSPS) is 32.5. The summed E-state index contributed by atoms with van der Waals surface area (Å²) in [5, 5.41) is 0. The lowest BCUT2D eigenvalue weighted by Crippen LogP contribution is -2.31. The van der Waals surface area contributed by atoms with E-state index in [0.717, 1.165) is 17.4 Å². The fourth-order valence-corrected chi connectivity index (χ4v) is 8.78. The SMILES string of the molecule is C[Si](C)(Cc1ccccc1)C1[C@H]2CCC[C@@H]12. The van der Waals surface area contributed by atoms with Crippen molar-refractivity contribution in [1.29, 1.82) is 0 Å². The zero-order valence-corrected chi connectivity index (χ0v) is 11.4. The number of fused-ring (bicyclic) bond motifs is 1. The second kappa shape index (κ2) is 3.73. The van der Waals surface area contributed by atoms with Gasteiger partial charge >= 0.3 is 0 Å². The van der Waals surface area contributed by atoms with Gasteiger partial charge in [-0.1, -0.05) is 68.3 Å². The Kier molecular flexibility index (Phi) is 2.47. The fraction of sp³-hybridized carbons (Fsp3) is 0.600. The molecule has 0 heterocycles. The molecule has 0 nitrogen and oxygen atoms in total. The molecule has 3 atom stereocenters. The minimum absolute atomic E-state index is 1.01. The molecule has 2 saturated carbocycles. The lowest BCUT2D eigenvalue weighted by atomic mass is 10.2. The molecule has 1 aromatic rings. The smallest absolute Gasteiger partial charge is 0.0554 e. The average molecular weight is 230 g/mol. The van der Waals surface area contributed by atoms with E-state index in [2.05, 4.69) is 43.4 Å². The van der Waals surface area contributed by atoms with Crippen LogP contribution in [0.5, 0.6) is 0 Å². The van der Waals surface area contributed by atoms with E-state index in [1.807, 2.05) is 0 Å². The molecule has 0 N–H and O–H groups in total. The van der Waals surface area contributed by atoms with Crippen LogP contribution in [0.15, 0.2) is 30.3 Å². The van der Waals surface area contributed by atoms with E-state index in [1.165, 1.54) is 12.5 Å². The van der Waals surface area contributed by atoms with Crippen molar-refractivity contribution < 1.29 is 0 Å². The molecular weight excluding hydrogens is 208 g/mol. The third kappa shape index (κ3) is 1.75. The molecule has 2 aliphatic rings. The van der Waals surface area contributed by atoms with Crippen LogP contribution in [0, 0.1) is 11.8 Å². The van der Waals surface area contributed by atoms with Gasteiger partial charge in [0.05, 0.1) is 8.07 Å². The molecule has 16 heavy (non-hydrogen) atoms. The molecule has 0 bridgehead atoms. The molecule has 3 rings (SSSR count). The summed E-state index contributed by atoms with van der Waals surface area (Å²) >= 11 is 0. The molecule has 0 aromatic heterocycles. The topological polar surface area (TPSA) is 0 Å². The largest absolute Gasteiger partial charge is 0.0689 e. The Labute approximate surface area is 100 Å². The van der Waals surface area contributed by atoms with Gasteiger partial charge in [-0.05, 0) is 23.4 Å². The Hall–Kier alpha value is -0.563. The highest BCUT2D eigenvalue weighted by atomic mass is 28.3.